The molecule has 1 unspecified atom stereocenters. The van der Waals surface area contributed by atoms with Gasteiger partial charge < -0.3 is 0 Å². The fourth-order valence-corrected chi connectivity index (χ4v) is 2.10. The van der Waals surface area contributed by atoms with Gasteiger partial charge in [0.25, 0.3) is 0 Å². The summed E-state index contributed by atoms with van der Waals surface area (Å²) >= 11 is 0. The number of hydrogen-bond donors (Lipinski definition) is 0. The highest BCUT2D eigenvalue weighted by molar-refractivity contribution is 5.24. The smallest absolute Gasteiger partial charge is 0.0628 e. The van der Waals surface area contributed by atoms with E-state index in [1.807, 2.05) is 0 Å². The van der Waals surface area contributed by atoms with Crippen LogP contribution >= 0.6 is 0 Å². The molecule has 0 aliphatic heterocycles. The van der Waals surface area contributed by atoms with E-state index in [2.05, 4.69) is 81.4 Å². The summed E-state index contributed by atoms with van der Waals surface area (Å²) in [6.07, 6.45) is 2.09. The molecular weight excluding hydrogens is 280 g/mol. The summed E-state index contributed by atoms with van der Waals surface area (Å²) in [4.78, 5) is 0. The Morgan fingerprint density at radius 1 is 0.826 bits per heavy atom. The van der Waals surface area contributed by atoms with Crippen LogP contribution in [0.5, 0.6) is 0 Å². The molecule has 0 radical (unpaired) electrons. The van der Waals surface area contributed by atoms with Crippen LogP contribution in [-0.2, 0) is 6.42 Å². The molecule has 0 amide bonds. The topological polar surface area (TPSA) is 47.6 Å². The van der Waals surface area contributed by atoms with Crippen molar-refractivity contribution in [3.05, 3.63) is 70.8 Å². The maximum atomic E-state index is 8.50. The van der Waals surface area contributed by atoms with Crippen molar-refractivity contribution in [3.8, 4) is 12.1 Å². The van der Waals surface area contributed by atoms with E-state index in [0.717, 1.165) is 6.42 Å². The maximum absolute atomic E-state index is 8.50. The first kappa shape index (κ1) is 18.5. The predicted octanol–water partition coefficient (Wildman–Crippen LogP) is 5.46. The molecule has 2 nitrogen and oxygen atoms in total. The Morgan fingerprint density at radius 2 is 1.35 bits per heavy atom. The van der Waals surface area contributed by atoms with Gasteiger partial charge in [0.05, 0.1) is 12.1 Å². The molecule has 0 N–H and O–H groups in total. The van der Waals surface area contributed by atoms with Crippen LogP contribution in [0.4, 0.5) is 0 Å². The third-order valence-electron chi connectivity index (χ3n) is 3.69. The first-order chi connectivity index (χ1) is 11.1. The van der Waals surface area contributed by atoms with Crippen molar-refractivity contribution in [2.45, 2.75) is 46.0 Å². The lowest BCUT2D eigenvalue weighted by atomic mass is 9.98. The van der Waals surface area contributed by atoms with Gasteiger partial charge in [-0.2, -0.15) is 10.5 Å². The van der Waals surface area contributed by atoms with Gasteiger partial charge in [-0.25, -0.2) is 0 Å². The summed E-state index contributed by atoms with van der Waals surface area (Å²) in [6, 6.07) is 21.0. The Morgan fingerprint density at radius 3 is 1.83 bits per heavy atom. The minimum atomic E-state index is 0.357. The molecule has 118 valence electrons. The van der Waals surface area contributed by atoms with Gasteiger partial charge in [-0.05, 0) is 37.3 Å². The number of aryl methyl sites for hydroxylation is 3. The number of nitrogens with zero attached hydrogens (tertiary/aromatic N) is 2. The van der Waals surface area contributed by atoms with Crippen molar-refractivity contribution >= 4 is 0 Å². The molecule has 0 spiro atoms. The van der Waals surface area contributed by atoms with Gasteiger partial charge in [0.2, 0.25) is 0 Å². The third-order valence-corrected chi connectivity index (χ3v) is 3.69. The fraction of sp³-hybridized carbons (Fsp3) is 0.333. The molecule has 2 rings (SSSR count). The average Bonchev–Trinajstić information content (AvgIpc) is 2.56. The molecule has 0 saturated carbocycles. The van der Waals surface area contributed by atoms with Crippen LogP contribution in [0, 0.1) is 36.5 Å². The Balaban J connectivity index is 0.000000231. The zero-order chi connectivity index (χ0) is 17.1. The third kappa shape index (κ3) is 7.30. The SMILES string of the molecule is Cc1ccc(C(C)CC#N)cc1.Cc1ccc(CCC#N)cc1. The highest BCUT2D eigenvalue weighted by Crippen LogP contribution is 2.18. The lowest BCUT2D eigenvalue weighted by molar-refractivity contribution is 0.788. The van der Waals surface area contributed by atoms with Gasteiger partial charge in [0.15, 0.2) is 0 Å². The highest BCUT2D eigenvalue weighted by atomic mass is 14.2. The van der Waals surface area contributed by atoms with Crippen molar-refractivity contribution in [2.75, 3.05) is 0 Å². The summed E-state index contributed by atoms with van der Waals surface area (Å²) in [5.41, 5.74) is 5.04. The van der Waals surface area contributed by atoms with E-state index in [9.17, 15) is 0 Å². The molecule has 0 saturated heterocycles. The van der Waals surface area contributed by atoms with Crippen LogP contribution < -0.4 is 0 Å². The summed E-state index contributed by atoms with van der Waals surface area (Å²) < 4.78 is 0. The zero-order valence-electron chi connectivity index (χ0n) is 14.2. The minimum Gasteiger partial charge on any atom is -0.198 e. The standard InChI is InChI=1S/C11H13N.C10H11N/c1-9-3-5-11(6-4-9)10(2)7-8-12;1-9-4-6-10(7-5-9)3-2-8-11/h3-6,10H,7H2,1-2H3;4-7H,2-3H2,1H3. The quantitative estimate of drug-likeness (QED) is 0.752. The van der Waals surface area contributed by atoms with Gasteiger partial charge in [0.1, 0.15) is 0 Å². The molecule has 2 aromatic carbocycles. The van der Waals surface area contributed by atoms with Crippen molar-refractivity contribution < 1.29 is 0 Å². The fourth-order valence-electron chi connectivity index (χ4n) is 2.10. The van der Waals surface area contributed by atoms with E-state index >= 15 is 0 Å². The number of benzene rings is 2. The van der Waals surface area contributed by atoms with E-state index in [4.69, 9.17) is 10.5 Å². The average molecular weight is 304 g/mol. The highest BCUT2D eigenvalue weighted by Gasteiger charge is 2.02. The molecule has 0 bridgehead atoms. The molecule has 0 heterocycles. The Kier molecular flexibility index (Phi) is 8.19. The van der Waals surface area contributed by atoms with Crippen molar-refractivity contribution in [1.82, 2.24) is 0 Å². The van der Waals surface area contributed by atoms with Crippen LogP contribution in [0.2, 0.25) is 0 Å². The Labute approximate surface area is 140 Å². The van der Waals surface area contributed by atoms with E-state index in [1.165, 1.54) is 22.3 Å². The zero-order valence-corrected chi connectivity index (χ0v) is 14.2. The summed E-state index contributed by atoms with van der Waals surface area (Å²) in [6.45, 7) is 6.21. The van der Waals surface area contributed by atoms with Crippen LogP contribution in [0.25, 0.3) is 0 Å². The van der Waals surface area contributed by atoms with Gasteiger partial charge >= 0.3 is 0 Å². The maximum Gasteiger partial charge on any atom is 0.0628 e. The normalized spacial score (nSPS) is 10.7. The van der Waals surface area contributed by atoms with Crippen LogP contribution in [0.1, 0.15) is 47.9 Å². The predicted molar refractivity (Wildman–Crippen MR) is 94.9 cm³/mol. The second kappa shape index (κ2) is 10.2. The summed E-state index contributed by atoms with van der Waals surface area (Å²) in [7, 11) is 0. The molecule has 2 aromatic rings. The van der Waals surface area contributed by atoms with Crippen molar-refractivity contribution in [1.29, 1.82) is 10.5 Å². The minimum absolute atomic E-state index is 0.357. The monoisotopic (exact) mass is 304 g/mol. The first-order valence-corrected chi connectivity index (χ1v) is 7.92. The van der Waals surface area contributed by atoms with Gasteiger partial charge in [0, 0.05) is 12.8 Å². The van der Waals surface area contributed by atoms with Crippen LogP contribution in [-0.4, -0.2) is 0 Å². The van der Waals surface area contributed by atoms with Crippen molar-refractivity contribution in [2.24, 2.45) is 0 Å². The second-order valence-corrected chi connectivity index (χ2v) is 5.82. The first-order valence-electron chi connectivity index (χ1n) is 7.92. The largest absolute Gasteiger partial charge is 0.198 e. The van der Waals surface area contributed by atoms with Gasteiger partial charge in [-0.3, -0.25) is 0 Å². The lowest BCUT2D eigenvalue weighted by Crippen LogP contribution is -1.91. The van der Waals surface area contributed by atoms with E-state index < -0.39 is 0 Å². The molecule has 2 heteroatoms. The molecule has 0 aliphatic carbocycles. The molecule has 0 fully saturated rings. The van der Waals surface area contributed by atoms with Gasteiger partial charge in [-0.15, -0.1) is 0 Å². The lowest BCUT2D eigenvalue weighted by Gasteiger charge is -2.06. The number of rotatable bonds is 4. The molecule has 0 aromatic heterocycles. The molecule has 23 heavy (non-hydrogen) atoms. The molecule has 1 atom stereocenters. The Hall–Kier alpha value is -2.58. The van der Waals surface area contributed by atoms with Crippen molar-refractivity contribution in [3.63, 3.8) is 0 Å². The summed E-state index contributed by atoms with van der Waals surface area (Å²) in [5, 5.41) is 16.8. The molecule has 0 aliphatic rings. The number of hydrogen-bond acceptors (Lipinski definition) is 2. The van der Waals surface area contributed by atoms with E-state index in [-0.39, 0.29) is 0 Å². The summed E-state index contributed by atoms with van der Waals surface area (Å²) in [5.74, 6) is 0.357. The molecular formula is C21H24N2. The second-order valence-electron chi connectivity index (χ2n) is 5.82. The van der Waals surface area contributed by atoms with Gasteiger partial charge in [-0.1, -0.05) is 66.6 Å². The van der Waals surface area contributed by atoms with Crippen LogP contribution in [0.3, 0.4) is 0 Å². The van der Waals surface area contributed by atoms with E-state index in [1.54, 1.807) is 0 Å². The van der Waals surface area contributed by atoms with E-state index in [0.29, 0.717) is 18.8 Å². The Bertz CT molecular complexity index is 655. The van der Waals surface area contributed by atoms with Crippen LogP contribution in [0.15, 0.2) is 48.5 Å². The number of nitriles is 2.